The number of aliphatic hydroxyl groups is 1. The summed E-state index contributed by atoms with van der Waals surface area (Å²) in [6.07, 6.45) is 4.40. The van der Waals surface area contributed by atoms with Gasteiger partial charge in [0, 0.05) is 19.2 Å². The third kappa shape index (κ3) is 3.96. The minimum Gasteiger partial charge on any atom is -0.391 e. The number of hydrogen-bond donors (Lipinski definition) is 1. The van der Waals surface area contributed by atoms with Crippen molar-refractivity contribution in [3.05, 3.63) is 39.9 Å². The molecule has 102 valence electrons. The molecule has 1 aromatic carbocycles. The Morgan fingerprint density at radius 2 is 2.16 bits per heavy atom. The van der Waals surface area contributed by atoms with Gasteiger partial charge in [0.25, 0.3) is 0 Å². The summed E-state index contributed by atoms with van der Waals surface area (Å²) >= 11 is 11.7. The van der Waals surface area contributed by atoms with E-state index in [9.17, 15) is 9.90 Å². The number of piperidine rings is 1. The molecule has 1 unspecified atom stereocenters. The maximum absolute atomic E-state index is 11.9. The van der Waals surface area contributed by atoms with Crippen LogP contribution >= 0.6 is 23.2 Å². The SMILES string of the molecule is O=C(/C=C/c1ccc(Cl)c(Cl)c1)N1CCCC(O)C1. The average Bonchev–Trinajstić information content (AvgIpc) is 2.40. The fraction of sp³-hybridized carbons (Fsp3) is 0.357. The number of carbonyl (C=O) groups is 1. The fourth-order valence-electron chi connectivity index (χ4n) is 2.04. The number of aliphatic hydroxyl groups excluding tert-OH is 1. The van der Waals surface area contributed by atoms with Crippen LogP contribution in [-0.4, -0.2) is 35.1 Å². The molecule has 0 bridgehead atoms. The Morgan fingerprint density at radius 3 is 2.84 bits per heavy atom. The fourth-order valence-corrected chi connectivity index (χ4v) is 2.35. The lowest BCUT2D eigenvalue weighted by atomic mass is 10.1. The molecule has 1 heterocycles. The lowest BCUT2D eigenvalue weighted by molar-refractivity contribution is -0.128. The molecule has 0 saturated carbocycles. The summed E-state index contributed by atoms with van der Waals surface area (Å²) in [6, 6.07) is 5.19. The van der Waals surface area contributed by atoms with Crippen LogP contribution in [0.25, 0.3) is 6.08 Å². The summed E-state index contributed by atoms with van der Waals surface area (Å²) in [7, 11) is 0. The predicted octanol–water partition coefficient (Wildman–Crippen LogP) is 2.99. The van der Waals surface area contributed by atoms with Crippen LogP contribution in [0, 0.1) is 0 Å². The van der Waals surface area contributed by atoms with Crippen molar-refractivity contribution in [3.63, 3.8) is 0 Å². The molecular weight excluding hydrogens is 285 g/mol. The van der Waals surface area contributed by atoms with E-state index < -0.39 is 6.10 Å². The third-order valence-electron chi connectivity index (χ3n) is 3.07. The topological polar surface area (TPSA) is 40.5 Å². The monoisotopic (exact) mass is 299 g/mol. The van der Waals surface area contributed by atoms with Gasteiger partial charge in [-0.25, -0.2) is 0 Å². The number of halogens is 2. The summed E-state index contributed by atoms with van der Waals surface area (Å²) in [5, 5.41) is 10.5. The first kappa shape index (κ1) is 14.4. The van der Waals surface area contributed by atoms with Crippen molar-refractivity contribution in [2.75, 3.05) is 13.1 Å². The van der Waals surface area contributed by atoms with Crippen molar-refractivity contribution >= 4 is 35.2 Å². The van der Waals surface area contributed by atoms with E-state index in [1.807, 2.05) is 0 Å². The van der Waals surface area contributed by atoms with Crippen LogP contribution in [-0.2, 0) is 4.79 Å². The number of β-amino-alcohol motifs (C(OH)–C–C–N with tert-alkyl or cyclic N) is 1. The highest BCUT2D eigenvalue weighted by Gasteiger charge is 2.20. The minimum absolute atomic E-state index is 0.0928. The first-order valence-corrected chi connectivity index (χ1v) is 6.92. The number of hydrogen-bond acceptors (Lipinski definition) is 2. The van der Waals surface area contributed by atoms with Crippen LogP contribution in [0.1, 0.15) is 18.4 Å². The van der Waals surface area contributed by atoms with Crippen molar-refractivity contribution in [1.82, 2.24) is 4.90 Å². The average molecular weight is 300 g/mol. The lowest BCUT2D eigenvalue weighted by Gasteiger charge is -2.29. The molecule has 1 N–H and O–H groups in total. The predicted molar refractivity (Wildman–Crippen MR) is 77.3 cm³/mol. The van der Waals surface area contributed by atoms with Gasteiger partial charge in [0.15, 0.2) is 0 Å². The quantitative estimate of drug-likeness (QED) is 0.853. The Bertz CT molecular complexity index is 502. The van der Waals surface area contributed by atoms with Crippen LogP contribution in [0.5, 0.6) is 0 Å². The molecule has 0 spiro atoms. The van der Waals surface area contributed by atoms with E-state index >= 15 is 0 Å². The molecule has 1 aliphatic rings. The Labute approximate surface area is 122 Å². The smallest absolute Gasteiger partial charge is 0.246 e. The van der Waals surface area contributed by atoms with Crippen molar-refractivity contribution in [2.24, 2.45) is 0 Å². The molecule has 3 nitrogen and oxygen atoms in total. The molecule has 1 amide bonds. The zero-order chi connectivity index (χ0) is 13.8. The largest absolute Gasteiger partial charge is 0.391 e. The van der Waals surface area contributed by atoms with Crippen LogP contribution in [0.2, 0.25) is 10.0 Å². The van der Waals surface area contributed by atoms with E-state index in [2.05, 4.69) is 0 Å². The van der Waals surface area contributed by atoms with E-state index in [1.165, 1.54) is 6.08 Å². The Morgan fingerprint density at radius 1 is 1.37 bits per heavy atom. The van der Waals surface area contributed by atoms with Crippen molar-refractivity contribution in [2.45, 2.75) is 18.9 Å². The highest BCUT2D eigenvalue weighted by Crippen LogP contribution is 2.23. The number of amides is 1. The van der Waals surface area contributed by atoms with Crippen LogP contribution < -0.4 is 0 Å². The standard InChI is InChI=1S/C14H15Cl2NO2/c15-12-5-3-10(8-13(12)16)4-6-14(19)17-7-1-2-11(18)9-17/h3-6,8,11,18H,1-2,7,9H2/b6-4+. The van der Waals surface area contributed by atoms with Gasteiger partial charge in [-0.15, -0.1) is 0 Å². The van der Waals surface area contributed by atoms with E-state index in [-0.39, 0.29) is 5.91 Å². The van der Waals surface area contributed by atoms with E-state index in [0.717, 1.165) is 18.4 Å². The van der Waals surface area contributed by atoms with Gasteiger partial charge in [0.05, 0.1) is 16.1 Å². The van der Waals surface area contributed by atoms with Crippen molar-refractivity contribution in [3.8, 4) is 0 Å². The highest BCUT2D eigenvalue weighted by molar-refractivity contribution is 6.42. The molecular formula is C14H15Cl2NO2. The Kier molecular flexibility index (Phi) is 4.86. The second kappa shape index (κ2) is 6.42. The van der Waals surface area contributed by atoms with Gasteiger partial charge in [-0.05, 0) is 36.6 Å². The molecule has 5 heteroatoms. The Balaban J connectivity index is 2.01. The van der Waals surface area contributed by atoms with Gasteiger partial charge in [0.2, 0.25) is 5.91 Å². The molecule has 1 saturated heterocycles. The van der Waals surface area contributed by atoms with Gasteiger partial charge in [-0.2, -0.15) is 0 Å². The first-order valence-electron chi connectivity index (χ1n) is 6.16. The number of rotatable bonds is 2. The molecule has 19 heavy (non-hydrogen) atoms. The molecule has 1 aromatic rings. The number of likely N-dealkylation sites (tertiary alicyclic amines) is 1. The Hall–Kier alpha value is -1.03. The second-order valence-corrected chi connectivity index (χ2v) is 5.40. The van der Waals surface area contributed by atoms with Crippen LogP contribution in [0.15, 0.2) is 24.3 Å². The van der Waals surface area contributed by atoms with Gasteiger partial charge >= 0.3 is 0 Å². The summed E-state index contributed by atoms with van der Waals surface area (Å²) in [4.78, 5) is 13.6. The van der Waals surface area contributed by atoms with Crippen LogP contribution in [0.4, 0.5) is 0 Å². The second-order valence-electron chi connectivity index (χ2n) is 4.59. The number of benzene rings is 1. The molecule has 1 fully saturated rings. The zero-order valence-corrected chi connectivity index (χ0v) is 11.9. The van der Waals surface area contributed by atoms with Gasteiger partial charge in [0.1, 0.15) is 0 Å². The summed E-state index contributed by atoms with van der Waals surface area (Å²) < 4.78 is 0. The van der Waals surface area contributed by atoms with Crippen LogP contribution in [0.3, 0.4) is 0 Å². The molecule has 2 rings (SSSR count). The minimum atomic E-state index is -0.406. The summed E-state index contributed by atoms with van der Waals surface area (Å²) in [6.45, 7) is 1.10. The number of nitrogens with zero attached hydrogens (tertiary/aromatic N) is 1. The van der Waals surface area contributed by atoms with E-state index in [1.54, 1.807) is 29.2 Å². The van der Waals surface area contributed by atoms with E-state index in [0.29, 0.717) is 23.1 Å². The molecule has 0 aromatic heterocycles. The number of carbonyl (C=O) groups excluding carboxylic acids is 1. The maximum atomic E-state index is 11.9. The van der Waals surface area contributed by atoms with Gasteiger partial charge < -0.3 is 10.0 Å². The normalized spacial score (nSPS) is 19.9. The highest BCUT2D eigenvalue weighted by atomic mass is 35.5. The molecule has 1 atom stereocenters. The lowest BCUT2D eigenvalue weighted by Crippen LogP contribution is -2.41. The molecule has 0 radical (unpaired) electrons. The van der Waals surface area contributed by atoms with Gasteiger partial charge in [-0.1, -0.05) is 29.3 Å². The van der Waals surface area contributed by atoms with Gasteiger partial charge in [-0.3, -0.25) is 4.79 Å². The van der Waals surface area contributed by atoms with Crippen molar-refractivity contribution < 1.29 is 9.90 Å². The van der Waals surface area contributed by atoms with E-state index in [4.69, 9.17) is 23.2 Å². The summed E-state index contributed by atoms with van der Waals surface area (Å²) in [5.41, 5.74) is 0.820. The summed E-state index contributed by atoms with van der Waals surface area (Å²) in [5.74, 6) is -0.0928. The third-order valence-corrected chi connectivity index (χ3v) is 3.81. The van der Waals surface area contributed by atoms with Crippen molar-refractivity contribution in [1.29, 1.82) is 0 Å². The maximum Gasteiger partial charge on any atom is 0.246 e. The molecule has 1 aliphatic heterocycles. The molecule has 0 aliphatic carbocycles. The zero-order valence-electron chi connectivity index (χ0n) is 10.4. The first-order chi connectivity index (χ1) is 9.06.